The first-order valence-corrected chi connectivity index (χ1v) is 8.03. The number of thiazole rings is 1. The fourth-order valence-electron chi connectivity index (χ4n) is 2.24. The number of benzene rings is 1. The molecule has 0 aliphatic heterocycles. The number of fused-ring (bicyclic) bond motifs is 1. The molecule has 0 radical (unpaired) electrons. The lowest BCUT2D eigenvalue weighted by molar-refractivity contribution is 0.290. The first-order chi connectivity index (χ1) is 9.17. The molecule has 1 aromatic carbocycles. The fourth-order valence-corrected chi connectivity index (χ4v) is 3.42. The molecule has 19 heavy (non-hydrogen) atoms. The minimum absolute atomic E-state index is 0.309. The second-order valence-corrected chi connectivity index (χ2v) is 6.71. The standard InChI is InChI=1S/C16H24N2S/c1-4-10-17-12-16(3,5-2)11-15-18-13-8-6-7-9-14(13)19-15/h6-9,17H,4-5,10-12H2,1-3H3. The normalized spacial score (nSPS) is 14.7. The van der Waals surface area contributed by atoms with Crippen molar-refractivity contribution in [1.82, 2.24) is 10.3 Å². The molecule has 1 aromatic heterocycles. The number of hydrogen-bond acceptors (Lipinski definition) is 3. The highest BCUT2D eigenvalue weighted by molar-refractivity contribution is 7.18. The van der Waals surface area contributed by atoms with Crippen LogP contribution in [0.25, 0.3) is 10.2 Å². The summed E-state index contributed by atoms with van der Waals surface area (Å²) in [4.78, 5) is 4.76. The molecule has 0 fully saturated rings. The van der Waals surface area contributed by atoms with Crippen molar-refractivity contribution >= 4 is 21.6 Å². The van der Waals surface area contributed by atoms with Crippen LogP contribution in [0.5, 0.6) is 0 Å². The number of para-hydroxylation sites is 1. The van der Waals surface area contributed by atoms with E-state index in [0.717, 1.165) is 25.0 Å². The Morgan fingerprint density at radius 3 is 2.74 bits per heavy atom. The summed E-state index contributed by atoms with van der Waals surface area (Å²) in [5, 5.41) is 4.82. The molecule has 1 heterocycles. The van der Waals surface area contributed by atoms with Crippen molar-refractivity contribution in [1.29, 1.82) is 0 Å². The Balaban J connectivity index is 2.08. The summed E-state index contributed by atoms with van der Waals surface area (Å²) < 4.78 is 1.30. The van der Waals surface area contributed by atoms with Crippen molar-refractivity contribution in [2.24, 2.45) is 5.41 Å². The summed E-state index contributed by atoms with van der Waals surface area (Å²) in [5.74, 6) is 0. The Hall–Kier alpha value is -0.930. The third kappa shape index (κ3) is 3.77. The van der Waals surface area contributed by atoms with E-state index >= 15 is 0 Å². The van der Waals surface area contributed by atoms with Gasteiger partial charge in [0.05, 0.1) is 15.2 Å². The zero-order chi connectivity index (χ0) is 13.7. The van der Waals surface area contributed by atoms with E-state index in [-0.39, 0.29) is 0 Å². The van der Waals surface area contributed by atoms with Gasteiger partial charge >= 0.3 is 0 Å². The predicted octanol–water partition coefficient (Wildman–Crippen LogP) is 4.25. The van der Waals surface area contributed by atoms with E-state index in [0.29, 0.717) is 5.41 Å². The van der Waals surface area contributed by atoms with Crippen LogP contribution in [0.2, 0.25) is 0 Å². The summed E-state index contributed by atoms with van der Waals surface area (Å²) >= 11 is 1.84. The van der Waals surface area contributed by atoms with E-state index < -0.39 is 0 Å². The van der Waals surface area contributed by atoms with E-state index in [2.05, 4.69) is 50.4 Å². The topological polar surface area (TPSA) is 24.9 Å². The molecular formula is C16H24N2S. The van der Waals surface area contributed by atoms with Crippen LogP contribution < -0.4 is 5.32 Å². The number of aromatic nitrogens is 1. The average Bonchev–Trinajstić information content (AvgIpc) is 2.81. The maximum Gasteiger partial charge on any atom is 0.0944 e. The monoisotopic (exact) mass is 276 g/mol. The highest BCUT2D eigenvalue weighted by Gasteiger charge is 2.23. The van der Waals surface area contributed by atoms with Crippen LogP contribution in [-0.4, -0.2) is 18.1 Å². The highest BCUT2D eigenvalue weighted by Crippen LogP contribution is 2.30. The molecule has 0 saturated heterocycles. The van der Waals surface area contributed by atoms with Crippen molar-refractivity contribution in [2.45, 2.75) is 40.0 Å². The second kappa shape index (κ2) is 6.49. The van der Waals surface area contributed by atoms with Crippen LogP contribution in [0.3, 0.4) is 0 Å². The van der Waals surface area contributed by atoms with Crippen LogP contribution >= 0.6 is 11.3 Å². The number of rotatable bonds is 7. The first kappa shape index (κ1) is 14.5. The predicted molar refractivity (Wildman–Crippen MR) is 84.9 cm³/mol. The Bertz CT molecular complexity index is 487. The van der Waals surface area contributed by atoms with Gasteiger partial charge in [0.15, 0.2) is 0 Å². The van der Waals surface area contributed by atoms with E-state index in [1.165, 1.54) is 22.5 Å². The molecule has 3 heteroatoms. The maximum atomic E-state index is 4.76. The van der Waals surface area contributed by atoms with E-state index in [1.54, 1.807) is 0 Å². The minimum atomic E-state index is 0.309. The van der Waals surface area contributed by atoms with Gasteiger partial charge in [-0.2, -0.15) is 0 Å². The quantitative estimate of drug-likeness (QED) is 0.765. The third-order valence-corrected chi connectivity index (χ3v) is 4.78. The molecule has 2 aromatic rings. The Kier molecular flexibility index (Phi) is 4.94. The van der Waals surface area contributed by atoms with Crippen LogP contribution in [0.4, 0.5) is 0 Å². The first-order valence-electron chi connectivity index (χ1n) is 7.22. The largest absolute Gasteiger partial charge is 0.316 e. The van der Waals surface area contributed by atoms with Crippen LogP contribution in [0.15, 0.2) is 24.3 Å². The van der Waals surface area contributed by atoms with Gasteiger partial charge in [-0.3, -0.25) is 0 Å². The van der Waals surface area contributed by atoms with E-state index in [1.807, 2.05) is 11.3 Å². The molecule has 0 aliphatic carbocycles. The summed E-state index contributed by atoms with van der Waals surface area (Å²) in [6.07, 6.45) is 3.44. The van der Waals surface area contributed by atoms with Crippen LogP contribution in [0.1, 0.15) is 38.6 Å². The molecule has 1 N–H and O–H groups in total. The van der Waals surface area contributed by atoms with Gasteiger partial charge < -0.3 is 5.32 Å². The Morgan fingerprint density at radius 1 is 1.26 bits per heavy atom. The third-order valence-electron chi connectivity index (χ3n) is 3.75. The SMILES string of the molecule is CCCNCC(C)(CC)Cc1nc2ccccc2s1. The lowest BCUT2D eigenvalue weighted by Crippen LogP contribution is -2.33. The van der Waals surface area contributed by atoms with Crippen molar-refractivity contribution in [2.75, 3.05) is 13.1 Å². The zero-order valence-corrected chi connectivity index (χ0v) is 13.0. The summed E-state index contributed by atoms with van der Waals surface area (Å²) in [6, 6.07) is 8.42. The van der Waals surface area contributed by atoms with E-state index in [4.69, 9.17) is 4.98 Å². The lowest BCUT2D eigenvalue weighted by atomic mass is 9.84. The second-order valence-electron chi connectivity index (χ2n) is 5.59. The molecule has 0 aliphatic rings. The lowest BCUT2D eigenvalue weighted by Gasteiger charge is -2.27. The number of hydrogen-bond donors (Lipinski definition) is 1. The minimum Gasteiger partial charge on any atom is -0.316 e. The van der Waals surface area contributed by atoms with Gasteiger partial charge in [-0.25, -0.2) is 4.98 Å². The van der Waals surface area contributed by atoms with Crippen molar-refractivity contribution in [3.63, 3.8) is 0 Å². The fraction of sp³-hybridized carbons (Fsp3) is 0.562. The number of nitrogens with one attached hydrogen (secondary N) is 1. The summed E-state index contributed by atoms with van der Waals surface area (Å²) in [7, 11) is 0. The summed E-state index contributed by atoms with van der Waals surface area (Å²) in [6.45, 7) is 9.04. The van der Waals surface area contributed by atoms with Gasteiger partial charge in [0, 0.05) is 13.0 Å². The van der Waals surface area contributed by atoms with Gasteiger partial charge in [0.1, 0.15) is 0 Å². The van der Waals surface area contributed by atoms with Crippen LogP contribution in [-0.2, 0) is 6.42 Å². The van der Waals surface area contributed by atoms with Crippen molar-refractivity contribution < 1.29 is 0 Å². The summed E-state index contributed by atoms with van der Waals surface area (Å²) in [5.41, 5.74) is 1.45. The molecule has 1 atom stereocenters. The van der Waals surface area contributed by atoms with E-state index in [9.17, 15) is 0 Å². The Morgan fingerprint density at radius 2 is 2.05 bits per heavy atom. The molecule has 0 spiro atoms. The molecule has 0 bridgehead atoms. The van der Waals surface area contributed by atoms with Gasteiger partial charge in [-0.1, -0.05) is 32.9 Å². The maximum absolute atomic E-state index is 4.76. The molecular weight excluding hydrogens is 252 g/mol. The molecule has 0 saturated carbocycles. The van der Waals surface area contributed by atoms with Gasteiger partial charge in [-0.05, 0) is 36.9 Å². The zero-order valence-electron chi connectivity index (χ0n) is 12.2. The van der Waals surface area contributed by atoms with Crippen molar-refractivity contribution in [3.8, 4) is 0 Å². The molecule has 104 valence electrons. The molecule has 2 nitrogen and oxygen atoms in total. The van der Waals surface area contributed by atoms with Crippen molar-refractivity contribution in [3.05, 3.63) is 29.3 Å². The smallest absolute Gasteiger partial charge is 0.0944 e. The molecule has 2 rings (SSSR count). The average molecular weight is 276 g/mol. The molecule has 1 unspecified atom stereocenters. The van der Waals surface area contributed by atoms with Crippen LogP contribution in [0, 0.1) is 5.41 Å². The number of nitrogens with zero attached hydrogens (tertiary/aromatic N) is 1. The molecule has 0 amide bonds. The Labute approximate surface area is 120 Å². The highest BCUT2D eigenvalue weighted by atomic mass is 32.1. The van der Waals surface area contributed by atoms with Gasteiger partial charge in [0.25, 0.3) is 0 Å². The van der Waals surface area contributed by atoms with Gasteiger partial charge in [-0.15, -0.1) is 11.3 Å². The van der Waals surface area contributed by atoms with Gasteiger partial charge in [0.2, 0.25) is 0 Å².